The third-order valence-corrected chi connectivity index (χ3v) is 20.5. The molecule has 7 aliphatic heterocycles. The Labute approximate surface area is 648 Å². The second-order valence-corrected chi connectivity index (χ2v) is 28.4. The minimum absolute atomic E-state index is 0.0992. The van der Waals surface area contributed by atoms with Gasteiger partial charge in [0.1, 0.15) is 88.5 Å². The van der Waals surface area contributed by atoms with Gasteiger partial charge in [0, 0.05) is 169 Å². The summed E-state index contributed by atoms with van der Waals surface area (Å²) < 4.78 is 26.8. The highest BCUT2D eigenvalue weighted by molar-refractivity contribution is 6.04. The number of carbonyl (C=O) groups excluding carboxylic acids is 9. The van der Waals surface area contributed by atoms with Gasteiger partial charge in [-0.15, -0.1) is 0 Å². The molecule has 13 rings (SSSR count). The van der Waals surface area contributed by atoms with Gasteiger partial charge in [0.25, 0.3) is 17.7 Å². The number of aldehydes is 3. The molecular formula is C79H91N19O14. The normalized spacial score (nSPS) is 18.0. The summed E-state index contributed by atoms with van der Waals surface area (Å²) in [6, 6.07) is 15.8. The zero-order chi connectivity index (χ0) is 79.5. The first-order chi connectivity index (χ1) is 54.3. The number of methoxy groups -OCH3 is 2. The summed E-state index contributed by atoms with van der Waals surface area (Å²) >= 11 is 0. The molecule has 0 radical (unpaired) electrons. The molecule has 0 aromatic carbocycles. The number of hydrogen-bond donors (Lipinski definition) is 3. The number of anilines is 7. The van der Waals surface area contributed by atoms with Crippen LogP contribution in [0, 0.1) is 39.9 Å². The van der Waals surface area contributed by atoms with E-state index >= 15 is 0 Å². The highest BCUT2D eigenvalue weighted by atomic mass is 16.5. The van der Waals surface area contributed by atoms with Gasteiger partial charge in [0.2, 0.25) is 0 Å². The molecule has 9 amide bonds. The van der Waals surface area contributed by atoms with Crippen LogP contribution in [0.4, 0.5) is 55.0 Å². The molecule has 4 fully saturated rings. The lowest BCUT2D eigenvalue weighted by molar-refractivity contribution is -0.140. The van der Waals surface area contributed by atoms with Crippen LogP contribution in [-0.2, 0) is 89.8 Å². The standard InChI is InChI=1S/C27H30N6O5.C27H32N6O5.C25H29N7O4/c1-37-23-4-7-32(26(23)35)14-20-10-18-3-2-6-33(25(18)30-22(20)15-34)27(36)31-24-11-19(21(12-28)13-29-24)9-17-5-8-38-16-17;1-32(26(35)23-8-5-11-38-23)16-20-12-19-6-3-9-33(25(19)30-22(20)17-34)27(36)31-24-13-18(7-4-10-37-2)21(14-28)15-29-24;1-30(2)20-11-22(27-13-18(20)12-26)29-25(35)32-8-4-6-16-10-17(19(15-33)28-23(16)32)14-31(3)24(34)21-7-5-9-36-21/h10-11,13,15,17,23H,2-9,14,16H2,1H3,(H,29,31,36);12-13,15,17,23H,3-11,16H2,1-2H3,(H,29,31,36);10-11,13,15,21H,4-9,14H2,1-3H3,(H,27,29,35)/t17-,23-;23-;/m10./s1. The predicted octanol–water partition coefficient (Wildman–Crippen LogP) is 7.68. The smallest absolute Gasteiger partial charge is 0.328 e. The number of carbonyl (C=O) groups is 9. The summed E-state index contributed by atoms with van der Waals surface area (Å²) in [6.07, 6.45) is 15.9. The molecule has 6 aromatic heterocycles. The van der Waals surface area contributed by atoms with E-state index in [1.54, 1.807) is 73.1 Å². The summed E-state index contributed by atoms with van der Waals surface area (Å²) in [4.78, 5) is 151. The fourth-order valence-electron chi connectivity index (χ4n) is 14.6. The molecule has 33 heteroatoms. The maximum Gasteiger partial charge on any atom is 0.328 e. The Morgan fingerprint density at radius 1 is 0.562 bits per heavy atom. The Bertz CT molecular complexity index is 4650. The van der Waals surface area contributed by atoms with Gasteiger partial charge in [-0.25, -0.2) is 44.3 Å². The van der Waals surface area contributed by atoms with E-state index in [1.165, 1.54) is 40.4 Å². The van der Waals surface area contributed by atoms with Crippen LogP contribution in [0.1, 0.15) is 157 Å². The summed E-state index contributed by atoms with van der Waals surface area (Å²) in [5.41, 5.74) is 8.57. The number of amides is 9. The lowest BCUT2D eigenvalue weighted by Gasteiger charge is -2.30. The van der Waals surface area contributed by atoms with Crippen molar-refractivity contribution in [1.29, 1.82) is 15.8 Å². The number of aryl methyl sites for hydroxylation is 4. The molecule has 4 atom stereocenters. The number of fused-ring (bicyclic) bond motifs is 3. The number of urea groups is 3. The number of nitriles is 3. The molecule has 4 saturated heterocycles. The van der Waals surface area contributed by atoms with E-state index in [0.717, 1.165) is 79.4 Å². The van der Waals surface area contributed by atoms with Crippen molar-refractivity contribution in [2.24, 2.45) is 5.92 Å². The van der Waals surface area contributed by atoms with Gasteiger partial charge < -0.3 is 43.3 Å². The van der Waals surface area contributed by atoms with Crippen molar-refractivity contribution >= 4 is 95.3 Å². The van der Waals surface area contributed by atoms with Crippen molar-refractivity contribution < 1.29 is 66.8 Å². The van der Waals surface area contributed by atoms with Gasteiger partial charge >= 0.3 is 18.1 Å². The zero-order valence-corrected chi connectivity index (χ0v) is 63.7. The van der Waals surface area contributed by atoms with Crippen LogP contribution in [0.15, 0.2) is 55.0 Å². The van der Waals surface area contributed by atoms with Crippen molar-refractivity contribution in [3.63, 3.8) is 0 Å². The molecule has 13 heterocycles. The largest absolute Gasteiger partial charge is 0.385 e. The van der Waals surface area contributed by atoms with Crippen molar-refractivity contribution in [1.82, 2.24) is 44.6 Å². The predicted molar refractivity (Wildman–Crippen MR) is 409 cm³/mol. The molecule has 0 bridgehead atoms. The third kappa shape index (κ3) is 19.5. The molecule has 7 aliphatic rings. The summed E-state index contributed by atoms with van der Waals surface area (Å²) in [7, 11) is 10.1. The Hall–Kier alpha value is -11.8. The molecular weight excluding hydrogens is 1440 g/mol. The third-order valence-electron chi connectivity index (χ3n) is 20.5. The maximum atomic E-state index is 13.3. The second-order valence-electron chi connectivity index (χ2n) is 28.4. The van der Waals surface area contributed by atoms with Crippen LogP contribution in [0.25, 0.3) is 0 Å². The second kappa shape index (κ2) is 38.2. The summed E-state index contributed by atoms with van der Waals surface area (Å²) in [5, 5.41) is 36.6. The van der Waals surface area contributed by atoms with Crippen LogP contribution in [0.2, 0.25) is 0 Å². The fourth-order valence-corrected chi connectivity index (χ4v) is 14.6. The van der Waals surface area contributed by atoms with Gasteiger partial charge in [-0.3, -0.25) is 59.4 Å². The molecule has 6 aromatic rings. The number of aromatic nitrogens is 6. The van der Waals surface area contributed by atoms with E-state index < -0.39 is 36.4 Å². The molecule has 1 unspecified atom stereocenters. The highest BCUT2D eigenvalue weighted by Gasteiger charge is 2.36. The molecule has 0 spiro atoms. The molecule has 0 saturated carbocycles. The number of likely N-dealkylation sites (N-methyl/N-ethyl adjacent to an activating group) is 2. The number of likely N-dealkylation sites (tertiary alicyclic amines) is 1. The van der Waals surface area contributed by atoms with E-state index in [9.17, 15) is 58.9 Å². The summed E-state index contributed by atoms with van der Waals surface area (Å²) in [6.45, 7) is 5.65. The van der Waals surface area contributed by atoms with Gasteiger partial charge in [0.05, 0.1) is 22.4 Å². The van der Waals surface area contributed by atoms with E-state index in [2.05, 4.69) is 64.1 Å². The molecule has 586 valence electrons. The Kier molecular flexibility index (Phi) is 27.7. The number of rotatable bonds is 22. The highest BCUT2D eigenvalue weighted by Crippen LogP contribution is 2.34. The van der Waals surface area contributed by atoms with Crippen LogP contribution in [-0.4, -0.2) is 219 Å². The summed E-state index contributed by atoms with van der Waals surface area (Å²) in [5.74, 6) is 2.25. The van der Waals surface area contributed by atoms with E-state index in [-0.39, 0.29) is 54.4 Å². The molecule has 33 nitrogen and oxygen atoms in total. The van der Waals surface area contributed by atoms with Crippen LogP contribution >= 0.6 is 0 Å². The van der Waals surface area contributed by atoms with E-state index in [1.807, 2.05) is 18.2 Å². The number of hydrogen-bond acceptors (Lipinski definition) is 24. The van der Waals surface area contributed by atoms with E-state index in [0.29, 0.717) is 203 Å². The average Bonchev–Trinajstić information content (AvgIpc) is 1.27. The van der Waals surface area contributed by atoms with Crippen molar-refractivity contribution in [3.8, 4) is 18.2 Å². The molecule has 112 heavy (non-hydrogen) atoms. The van der Waals surface area contributed by atoms with Gasteiger partial charge in [-0.2, -0.15) is 15.8 Å². The van der Waals surface area contributed by atoms with Crippen LogP contribution < -0.4 is 35.6 Å². The minimum Gasteiger partial charge on any atom is -0.385 e. The van der Waals surface area contributed by atoms with Gasteiger partial charge in [0.15, 0.2) is 18.9 Å². The van der Waals surface area contributed by atoms with Crippen molar-refractivity contribution in [3.05, 3.63) is 133 Å². The Morgan fingerprint density at radius 3 is 1.44 bits per heavy atom. The van der Waals surface area contributed by atoms with Gasteiger partial charge in [-0.05, 0) is 154 Å². The number of pyridine rings is 6. The Balaban J connectivity index is 0.000000166. The first-order valence-corrected chi connectivity index (χ1v) is 37.4. The monoisotopic (exact) mass is 1530 g/mol. The van der Waals surface area contributed by atoms with E-state index in [4.69, 9.17) is 23.7 Å². The first kappa shape index (κ1) is 81.2. The lowest BCUT2D eigenvalue weighted by Crippen LogP contribution is -2.40. The fraction of sp³-hybridized carbons (Fsp3) is 0.468. The minimum atomic E-state index is -0.456. The quantitative estimate of drug-likeness (QED) is 0.0433. The maximum absolute atomic E-state index is 13.3. The number of ether oxygens (including phenoxy) is 5. The topological polar surface area (TPSA) is 407 Å². The first-order valence-electron chi connectivity index (χ1n) is 37.4. The van der Waals surface area contributed by atoms with Crippen molar-refractivity contribution in [2.75, 3.05) is 137 Å². The SMILES string of the molecule is CN(Cc1cc2c(nc1C=O)N(C(=O)Nc1cc(N(C)C)c(C#N)cn1)CCC2)C(=O)C1CCCO1.COCCCc1cc(NC(=O)N2CCCc3cc(CN(C)C(=O)[C@@H]4CCCO4)c(C=O)nc32)ncc1C#N.CO[C@@H]1CCN(Cc2cc3c(nc2C=O)N(C(=O)Nc2cc(C[C@H]4CCOC4)c(C#N)cn2)CCC3)C1=O. The Morgan fingerprint density at radius 2 is 1.02 bits per heavy atom. The molecule has 0 aliphatic carbocycles. The molecule has 3 N–H and O–H groups in total. The van der Waals surface area contributed by atoms with Gasteiger partial charge in [-0.1, -0.05) is 0 Å². The van der Waals surface area contributed by atoms with Crippen LogP contribution in [0.3, 0.4) is 0 Å². The zero-order valence-electron chi connectivity index (χ0n) is 63.7. The number of nitrogens with one attached hydrogen (secondary N) is 3. The lowest BCUT2D eigenvalue weighted by atomic mass is 9.96. The van der Waals surface area contributed by atoms with Crippen LogP contribution in [0.5, 0.6) is 0 Å². The number of nitrogens with zero attached hydrogens (tertiary/aromatic N) is 16. The average molecular weight is 1530 g/mol. The van der Waals surface area contributed by atoms with Crippen molar-refractivity contribution in [2.45, 2.75) is 134 Å².